The number of fused-ring (bicyclic) bond motifs is 2. The summed E-state index contributed by atoms with van der Waals surface area (Å²) in [6.45, 7) is 4.87. The first-order valence-electron chi connectivity index (χ1n) is 12.0. The van der Waals surface area contributed by atoms with Crippen LogP contribution in [0.15, 0.2) is 104 Å². The smallest absolute Gasteiger partial charge is 0.181 e. The third-order valence-corrected chi connectivity index (χ3v) is 8.92. The molecule has 2 aromatic heterocycles. The predicted molar refractivity (Wildman–Crippen MR) is 145 cm³/mol. The molecule has 6 nitrogen and oxygen atoms in total. The fourth-order valence-corrected chi connectivity index (χ4v) is 6.95. The molecule has 1 saturated heterocycles. The van der Waals surface area contributed by atoms with Gasteiger partial charge in [-0.25, -0.2) is 0 Å². The molecule has 0 saturated carbocycles. The molecule has 36 heavy (non-hydrogen) atoms. The zero-order chi connectivity index (χ0) is 24.5. The quantitative estimate of drug-likeness (QED) is 0.333. The van der Waals surface area contributed by atoms with Crippen LogP contribution in [0.4, 0.5) is 5.69 Å². The van der Waals surface area contributed by atoms with Gasteiger partial charge in [0.25, 0.3) is 0 Å². The lowest BCUT2D eigenvalue weighted by atomic mass is 10.1. The number of nitrogens with one attached hydrogen (secondary N) is 1. The van der Waals surface area contributed by atoms with Crippen LogP contribution >= 0.6 is 23.5 Å². The zero-order valence-corrected chi connectivity index (χ0v) is 21.5. The van der Waals surface area contributed by atoms with E-state index in [-0.39, 0.29) is 11.5 Å². The molecule has 0 radical (unpaired) electrons. The third-order valence-electron chi connectivity index (χ3n) is 6.31. The number of hydrogen-bond donors (Lipinski definition) is 1. The number of ether oxygens (including phenoxy) is 1. The highest BCUT2D eigenvalue weighted by Gasteiger charge is 2.28. The molecule has 1 fully saturated rings. The Morgan fingerprint density at radius 1 is 1.00 bits per heavy atom. The molecule has 4 aromatic rings. The molecule has 2 aromatic carbocycles. The number of aryl methyl sites for hydroxylation is 1. The Balaban J connectivity index is 1.20. The number of anilines is 1. The van der Waals surface area contributed by atoms with Gasteiger partial charge in [0.2, 0.25) is 0 Å². The summed E-state index contributed by atoms with van der Waals surface area (Å²) in [5.74, 6) is 0. The molecule has 182 valence electrons. The normalized spacial score (nSPS) is 16.8. The minimum Gasteiger partial charge on any atom is -0.379 e. The minimum absolute atomic E-state index is 0.0189. The van der Waals surface area contributed by atoms with E-state index < -0.39 is 0 Å². The van der Waals surface area contributed by atoms with Crippen molar-refractivity contribution < 1.29 is 4.74 Å². The van der Waals surface area contributed by atoms with Gasteiger partial charge < -0.3 is 15.1 Å². The summed E-state index contributed by atoms with van der Waals surface area (Å²) < 4.78 is 8.23. The van der Waals surface area contributed by atoms with E-state index in [2.05, 4.69) is 51.7 Å². The maximum absolute atomic E-state index is 11.5. The summed E-state index contributed by atoms with van der Waals surface area (Å²) in [4.78, 5) is 21.1. The van der Waals surface area contributed by atoms with E-state index in [1.807, 2.05) is 65.7 Å². The minimum atomic E-state index is -0.0365. The Hall–Kier alpha value is -3.20. The molecule has 2 aliphatic rings. The second-order valence-corrected chi connectivity index (χ2v) is 11.0. The number of hydrogen-bond acceptors (Lipinski definition) is 7. The lowest BCUT2D eigenvalue weighted by Crippen LogP contribution is -2.45. The van der Waals surface area contributed by atoms with Crippen LogP contribution in [-0.4, -0.2) is 29.4 Å². The van der Waals surface area contributed by atoms with Gasteiger partial charge in [-0.3, -0.25) is 14.5 Å². The first-order chi connectivity index (χ1) is 17.6. The van der Waals surface area contributed by atoms with E-state index in [0.29, 0.717) is 13.2 Å². The fraction of sp³-hybridized carbons (Fsp3) is 0.214. The number of morpholine rings is 1. The van der Waals surface area contributed by atoms with Crippen LogP contribution in [-0.2, 0) is 11.3 Å². The highest BCUT2D eigenvalue weighted by molar-refractivity contribution is 8.05. The van der Waals surface area contributed by atoms with Crippen molar-refractivity contribution in [3.8, 4) is 0 Å². The van der Waals surface area contributed by atoms with Gasteiger partial charge in [-0.2, -0.15) is 0 Å². The maximum atomic E-state index is 11.5. The second kappa shape index (κ2) is 10.0. The second-order valence-electron chi connectivity index (χ2n) is 8.85. The molecule has 1 unspecified atom stereocenters. The van der Waals surface area contributed by atoms with Gasteiger partial charge in [0, 0.05) is 55.5 Å². The molecule has 1 N–H and O–H groups in total. The van der Waals surface area contributed by atoms with Gasteiger partial charge in [0.1, 0.15) is 6.10 Å². The number of aromatic nitrogens is 2. The summed E-state index contributed by atoms with van der Waals surface area (Å²) in [6, 6.07) is 22.4. The molecule has 1 atom stereocenters. The maximum Gasteiger partial charge on any atom is 0.181 e. The first-order valence-corrected chi connectivity index (χ1v) is 13.6. The zero-order valence-electron chi connectivity index (χ0n) is 19.9. The monoisotopic (exact) mass is 514 g/mol. The van der Waals surface area contributed by atoms with Gasteiger partial charge >= 0.3 is 0 Å². The van der Waals surface area contributed by atoms with Gasteiger partial charge in [-0.1, -0.05) is 41.7 Å². The van der Waals surface area contributed by atoms with Crippen LogP contribution in [0.25, 0.3) is 0 Å². The van der Waals surface area contributed by atoms with Crippen LogP contribution < -0.4 is 15.8 Å². The van der Waals surface area contributed by atoms with E-state index in [1.54, 1.807) is 12.1 Å². The highest BCUT2D eigenvalue weighted by Crippen LogP contribution is 2.51. The molecule has 0 bridgehead atoms. The lowest BCUT2D eigenvalue weighted by molar-refractivity contribution is 0.0287. The Morgan fingerprint density at radius 3 is 2.72 bits per heavy atom. The average molecular weight is 515 g/mol. The van der Waals surface area contributed by atoms with Crippen molar-refractivity contribution in [1.29, 1.82) is 0 Å². The van der Waals surface area contributed by atoms with E-state index in [1.165, 1.54) is 25.1 Å². The fourth-order valence-electron chi connectivity index (χ4n) is 4.50. The van der Waals surface area contributed by atoms with Crippen molar-refractivity contribution in [2.75, 3.05) is 30.0 Å². The Bertz CT molecular complexity index is 1450. The molecular weight excluding hydrogens is 488 g/mol. The molecule has 4 heterocycles. The molecular formula is C28H26N4O2S2. The van der Waals surface area contributed by atoms with E-state index in [9.17, 15) is 4.79 Å². The van der Waals surface area contributed by atoms with Crippen molar-refractivity contribution in [3.63, 3.8) is 0 Å². The van der Waals surface area contributed by atoms with E-state index in [0.717, 1.165) is 30.2 Å². The van der Waals surface area contributed by atoms with E-state index in [4.69, 9.17) is 4.74 Å². The van der Waals surface area contributed by atoms with Crippen LogP contribution in [0.3, 0.4) is 0 Å². The molecule has 8 heteroatoms. The van der Waals surface area contributed by atoms with Crippen LogP contribution in [0, 0.1) is 6.92 Å². The van der Waals surface area contributed by atoms with Crippen molar-refractivity contribution in [2.45, 2.75) is 39.2 Å². The molecule has 0 spiro atoms. The summed E-state index contributed by atoms with van der Waals surface area (Å²) in [6.07, 6.45) is 3.62. The number of rotatable bonds is 5. The van der Waals surface area contributed by atoms with Gasteiger partial charge in [0.15, 0.2) is 5.43 Å². The Morgan fingerprint density at radius 2 is 1.86 bits per heavy atom. The van der Waals surface area contributed by atoms with Crippen LogP contribution in [0.2, 0.25) is 0 Å². The summed E-state index contributed by atoms with van der Waals surface area (Å²) in [5.41, 5.74) is 4.40. The van der Waals surface area contributed by atoms with Crippen molar-refractivity contribution >= 4 is 29.2 Å². The predicted octanol–water partition coefficient (Wildman–Crippen LogP) is 5.49. The molecule has 2 aliphatic heterocycles. The number of pyridine rings is 2. The lowest BCUT2D eigenvalue weighted by Gasteiger charge is -2.37. The van der Waals surface area contributed by atoms with Crippen molar-refractivity contribution in [2.24, 2.45) is 0 Å². The summed E-state index contributed by atoms with van der Waals surface area (Å²) in [7, 11) is 0. The van der Waals surface area contributed by atoms with Gasteiger partial charge in [0.05, 0.1) is 31.9 Å². The van der Waals surface area contributed by atoms with Gasteiger partial charge in [-0.15, -0.1) is 0 Å². The van der Waals surface area contributed by atoms with E-state index >= 15 is 0 Å². The topological polar surface area (TPSA) is 59.4 Å². The third kappa shape index (κ3) is 4.89. The average Bonchev–Trinajstić information content (AvgIpc) is 2.91. The van der Waals surface area contributed by atoms with Gasteiger partial charge in [-0.05, 0) is 48.9 Å². The summed E-state index contributed by atoms with van der Waals surface area (Å²) in [5, 5.41) is 5.74. The highest BCUT2D eigenvalue weighted by atomic mass is 32.2. The number of nitrogens with zero attached hydrogens (tertiary/aromatic N) is 3. The first kappa shape index (κ1) is 23.2. The standard InChI is InChI=1S/C28H26N4O2S2/c1-19-4-2-5-21(30-19)17-29-20-8-9-25-27(16-20)35-26-7-3-6-23(28(26)36-25)24-18-32(14-15-34-24)31-12-10-22(33)11-13-31/h2-13,16,24,29H,14-15,17-18H2,1H3. The van der Waals surface area contributed by atoms with Crippen molar-refractivity contribution in [1.82, 2.24) is 9.66 Å². The largest absolute Gasteiger partial charge is 0.379 e. The van der Waals surface area contributed by atoms with Crippen LogP contribution in [0.1, 0.15) is 23.1 Å². The summed E-state index contributed by atoms with van der Waals surface area (Å²) >= 11 is 3.63. The SMILES string of the molecule is Cc1cccc(CNc2ccc3c(c2)Sc2cccc(C4CN(n5ccc(=O)cc5)CCO4)c2S3)n1. The number of benzene rings is 2. The Kier molecular flexibility index (Phi) is 6.48. The molecule has 6 rings (SSSR count). The van der Waals surface area contributed by atoms with Crippen molar-refractivity contribution in [3.05, 3.63) is 106 Å². The Labute approximate surface area is 218 Å². The molecule has 0 amide bonds. The van der Waals surface area contributed by atoms with Crippen LogP contribution in [0.5, 0.6) is 0 Å². The molecule has 0 aliphatic carbocycles.